The number of ether oxygens (including phenoxy) is 1. The number of nitro groups is 1. The molecule has 1 fully saturated rings. The van der Waals surface area contributed by atoms with Crippen molar-refractivity contribution in [3.05, 3.63) is 38.1 Å². The van der Waals surface area contributed by atoms with E-state index in [4.69, 9.17) is 9.84 Å². The number of aliphatic hydroxyl groups is 2. The van der Waals surface area contributed by atoms with Crippen LogP contribution in [0.3, 0.4) is 0 Å². The van der Waals surface area contributed by atoms with E-state index in [1.165, 1.54) is 12.1 Å². The van der Waals surface area contributed by atoms with Crippen LogP contribution < -0.4 is 0 Å². The van der Waals surface area contributed by atoms with E-state index in [-0.39, 0.29) is 18.5 Å². The van der Waals surface area contributed by atoms with Gasteiger partial charge in [0.2, 0.25) is 0 Å². The van der Waals surface area contributed by atoms with Gasteiger partial charge < -0.3 is 19.5 Å². The second kappa shape index (κ2) is 5.52. The molecule has 1 aromatic heterocycles. The third kappa shape index (κ3) is 2.52. The molecule has 3 atom stereocenters. The van der Waals surface area contributed by atoms with Gasteiger partial charge >= 0.3 is 0 Å². The van der Waals surface area contributed by atoms with Gasteiger partial charge in [-0.3, -0.25) is 10.1 Å². The predicted octanol–water partition coefficient (Wildman–Crippen LogP) is 1.79. The average molecular weight is 404 g/mol. The molecule has 112 valence electrons. The van der Waals surface area contributed by atoms with Crippen molar-refractivity contribution >= 4 is 39.2 Å². The van der Waals surface area contributed by atoms with E-state index < -0.39 is 17.1 Å². The lowest BCUT2D eigenvalue weighted by atomic mass is 10.2. The fourth-order valence-corrected chi connectivity index (χ4v) is 3.34. The van der Waals surface area contributed by atoms with Crippen LogP contribution in [-0.4, -0.2) is 38.5 Å². The zero-order valence-corrected chi connectivity index (χ0v) is 13.0. The number of non-ortho nitro benzene ring substituents is 1. The Labute approximate surface area is 133 Å². The lowest BCUT2D eigenvalue weighted by molar-refractivity contribution is -0.384. The van der Waals surface area contributed by atoms with E-state index in [9.17, 15) is 15.2 Å². The van der Waals surface area contributed by atoms with Crippen molar-refractivity contribution in [3.8, 4) is 0 Å². The minimum Gasteiger partial charge on any atom is -0.394 e. The fraction of sp³-hybridized carbons (Fsp3) is 0.385. The van der Waals surface area contributed by atoms with Gasteiger partial charge in [0, 0.05) is 33.7 Å². The number of hydrogen-bond donors (Lipinski definition) is 2. The maximum atomic E-state index is 10.9. The predicted molar refractivity (Wildman–Crippen MR) is 82.9 cm³/mol. The first-order valence-electron chi connectivity index (χ1n) is 6.40. The summed E-state index contributed by atoms with van der Waals surface area (Å²) in [5.74, 6) is 0. The Morgan fingerprint density at radius 2 is 2.29 bits per heavy atom. The Bertz CT molecular complexity index is 701. The molecule has 1 aliphatic rings. The van der Waals surface area contributed by atoms with E-state index in [1.54, 1.807) is 6.07 Å². The minimum atomic E-state index is -0.715. The molecule has 0 saturated carbocycles. The summed E-state index contributed by atoms with van der Waals surface area (Å²) < 4.78 is 8.35. The van der Waals surface area contributed by atoms with E-state index in [2.05, 4.69) is 22.6 Å². The van der Waals surface area contributed by atoms with Crippen LogP contribution in [0.1, 0.15) is 12.6 Å². The van der Waals surface area contributed by atoms with Crippen LogP contribution in [0.2, 0.25) is 0 Å². The van der Waals surface area contributed by atoms with Gasteiger partial charge in [-0.25, -0.2) is 0 Å². The average Bonchev–Trinajstić information content (AvgIpc) is 2.99. The molecular formula is C13H13IN2O5. The summed E-state index contributed by atoms with van der Waals surface area (Å²) in [6.07, 6.45) is 0.523. The van der Waals surface area contributed by atoms with E-state index in [0.717, 1.165) is 14.5 Å². The Morgan fingerprint density at radius 3 is 2.90 bits per heavy atom. The molecule has 0 spiro atoms. The van der Waals surface area contributed by atoms with Gasteiger partial charge in [-0.2, -0.15) is 0 Å². The van der Waals surface area contributed by atoms with Crippen molar-refractivity contribution in [1.29, 1.82) is 0 Å². The SMILES string of the molecule is O=[N+]([O-])c1ccc2c(c1)c(I)cn2[C@H]1CC(O)[C@@H](CO)O1. The van der Waals surface area contributed by atoms with E-state index in [0.29, 0.717) is 6.42 Å². The number of hydrogen-bond acceptors (Lipinski definition) is 5. The summed E-state index contributed by atoms with van der Waals surface area (Å²) >= 11 is 2.11. The van der Waals surface area contributed by atoms with Gasteiger partial charge in [0.25, 0.3) is 5.69 Å². The monoisotopic (exact) mass is 404 g/mol. The summed E-state index contributed by atoms with van der Waals surface area (Å²) in [4.78, 5) is 10.4. The molecule has 2 aromatic rings. The highest BCUT2D eigenvalue weighted by Gasteiger charge is 2.35. The first kappa shape index (κ1) is 14.7. The van der Waals surface area contributed by atoms with Crippen LogP contribution in [-0.2, 0) is 4.74 Å². The first-order valence-corrected chi connectivity index (χ1v) is 7.48. The van der Waals surface area contributed by atoms with Crippen molar-refractivity contribution in [2.45, 2.75) is 24.9 Å². The number of nitro benzene ring substituents is 1. The van der Waals surface area contributed by atoms with Crippen LogP contribution >= 0.6 is 22.6 Å². The Balaban J connectivity index is 2.03. The molecule has 1 aliphatic heterocycles. The van der Waals surface area contributed by atoms with Crippen LogP contribution in [0, 0.1) is 13.7 Å². The van der Waals surface area contributed by atoms with Crippen molar-refractivity contribution < 1.29 is 19.9 Å². The summed E-state index contributed by atoms with van der Waals surface area (Å²) in [6.45, 7) is -0.237. The number of fused-ring (bicyclic) bond motifs is 1. The fourth-order valence-electron chi connectivity index (χ4n) is 2.60. The third-order valence-corrected chi connectivity index (χ3v) is 4.53. The second-order valence-electron chi connectivity index (χ2n) is 4.96. The summed E-state index contributed by atoms with van der Waals surface area (Å²) in [6, 6.07) is 4.66. The van der Waals surface area contributed by atoms with Crippen LogP contribution in [0.4, 0.5) is 5.69 Å². The lowest BCUT2D eigenvalue weighted by Gasteiger charge is -2.14. The number of nitrogens with zero attached hydrogens (tertiary/aromatic N) is 2. The normalized spacial score (nSPS) is 25.6. The molecule has 21 heavy (non-hydrogen) atoms. The smallest absolute Gasteiger partial charge is 0.270 e. The molecule has 1 aromatic carbocycles. The van der Waals surface area contributed by atoms with E-state index >= 15 is 0 Å². The molecule has 1 saturated heterocycles. The maximum absolute atomic E-state index is 10.9. The molecule has 8 heteroatoms. The number of benzene rings is 1. The molecule has 2 heterocycles. The van der Waals surface area contributed by atoms with Crippen LogP contribution in [0.5, 0.6) is 0 Å². The number of halogens is 1. The Morgan fingerprint density at radius 1 is 1.52 bits per heavy atom. The Hall–Kier alpha value is -1.23. The number of rotatable bonds is 3. The quantitative estimate of drug-likeness (QED) is 0.462. The van der Waals surface area contributed by atoms with Crippen LogP contribution in [0.15, 0.2) is 24.4 Å². The summed E-state index contributed by atoms with van der Waals surface area (Å²) in [7, 11) is 0. The van der Waals surface area contributed by atoms with Gasteiger partial charge in [-0.1, -0.05) is 0 Å². The first-order chi connectivity index (χ1) is 10.0. The Kier molecular flexibility index (Phi) is 3.86. The molecule has 2 N–H and O–H groups in total. The molecule has 0 radical (unpaired) electrons. The molecule has 0 aliphatic carbocycles. The molecule has 7 nitrogen and oxygen atoms in total. The largest absolute Gasteiger partial charge is 0.394 e. The molecule has 0 amide bonds. The zero-order chi connectivity index (χ0) is 15.1. The number of aromatic nitrogens is 1. The zero-order valence-electron chi connectivity index (χ0n) is 10.8. The minimum absolute atomic E-state index is 0.0405. The van der Waals surface area contributed by atoms with Crippen molar-refractivity contribution in [2.24, 2.45) is 0 Å². The van der Waals surface area contributed by atoms with Crippen LogP contribution in [0.25, 0.3) is 10.9 Å². The van der Waals surface area contributed by atoms with Crippen molar-refractivity contribution in [3.63, 3.8) is 0 Å². The lowest BCUT2D eigenvalue weighted by Crippen LogP contribution is -2.24. The number of aliphatic hydroxyl groups excluding tert-OH is 2. The standard InChI is InChI=1S/C13H13IN2O5/c14-9-5-15(13-4-11(18)12(6-17)21-13)10-2-1-7(16(19)20)3-8(9)10/h1-3,5,11-13,17-18H,4,6H2/t11?,12-,13-/m1/s1. The topological polar surface area (TPSA) is 97.8 Å². The third-order valence-electron chi connectivity index (χ3n) is 3.67. The van der Waals surface area contributed by atoms with Crippen molar-refractivity contribution in [2.75, 3.05) is 6.61 Å². The van der Waals surface area contributed by atoms with Gasteiger partial charge in [0.1, 0.15) is 12.3 Å². The van der Waals surface area contributed by atoms with Gasteiger partial charge in [0.05, 0.1) is 23.2 Å². The highest BCUT2D eigenvalue weighted by Crippen LogP contribution is 2.35. The molecule has 0 bridgehead atoms. The van der Waals surface area contributed by atoms with Gasteiger partial charge in [-0.05, 0) is 28.7 Å². The maximum Gasteiger partial charge on any atom is 0.270 e. The molecule has 1 unspecified atom stereocenters. The highest BCUT2D eigenvalue weighted by molar-refractivity contribution is 14.1. The highest BCUT2D eigenvalue weighted by atomic mass is 127. The molecular weight excluding hydrogens is 391 g/mol. The van der Waals surface area contributed by atoms with Crippen molar-refractivity contribution in [1.82, 2.24) is 4.57 Å². The summed E-state index contributed by atoms with van der Waals surface area (Å²) in [5.41, 5.74) is 0.847. The van der Waals surface area contributed by atoms with Gasteiger partial charge in [0.15, 0.2) is 0 Å². The second-order valence-corrected chi connectivity index (χ2v) is 6.12. The van der Waals surface area contributed by atoms with Gasteiger partial charge in [-0.15, -0.1) is 0 Å². The molecule has 3 rings (SSSR count). The van der Waals surface area contributed by atoms with E-state index in [1.807, 2.05) is 10.8 Å². The summed E-state index contributed by atoms with van der Waals surface area (Å²) in [5, 5.41) is 30.6.